The zero-order chi connectivity index (χ0) is 18.1. The Morgan fingerprint density at radius 2 is 1.68 bits per heavy atom. The van der Waals surface area contributed by atoms with Crippen LogP contribution in [0.15, 0.2) is 48.5 Å². The summed E-state index contributed by atoms with van der Waals surface area (Å²) in [4.78, 5) is 14.1. The smallest absolute Gasteiger partial charge is 0.319 e. The van der Waals surface area contributed by atoms with Crippen LogP contribution in [0.25, 0.3) is 0 Å². The number of carbonyl (C=O) groups is 1. The maximum Gasteiger partial charge on any atom is 0.319 e. The summed E-state index contributed by atoms with van der Waals surface area (Å²) in [6.07, 6.45) is 0. The van der Waals surface area contributed by atoms with Gasteiger partial charge in [-0.05, 0) is 62.4 Å². The number of rotatable bonds is 8. The number of nitrogens with one attached hydrogen (secondary N) is 2. The van der Waals surface area contributed by atoms with Gasteiger partial charge >= 0.3 is 6.03 Å². The average molecular weight is 362 g/mol. The molecule has 2 rings (SSSR count). The molecule has 0 atom stereocenters. The molecule has 134 valence electrons. The highest BCUT2D eigenvalue weighted by molar-refractivity contribution is 6.30. The molecule has 0 spiro atoms. The summed E-state index contributed by atoms with van der Waals surface area (Å²) < 4.78 is 5.52. The molecular formula is C19H24ClN3O2. The van der Waals surface area contributed by atoms with Crippen molar-refractivity contribution in [3.8, 4) is 5.75 Å². The van der Waals surface area contributed by atoms with Crippen molar-refractivity contribution >= 4 is 29.0 Å². The van der Waals surface area contributed by atoms with Crippen molar-refractivity contribution < 1.29 is 9.53 Å². The van der Waals surface area contributed by atoms with E-state index in [1.807, 2.05) is 24.3 Å². The van der Waals surface area contributed by atoms with Crippen molar-refractivity contribution in [3.05, 3.63) is 53.6 Å². The Morgan fingerprint density at radius 1 is 1.04 bits per heavy atom. The molecule has 0 unspecified atom stereocenters. The van der Waals surface area contributed by atoms with E-state index in [1.165, 1.54) is 0 Å². The first-order valence-corrected chi connectivity index (χ1v) is 8.78. The fourth-order valence-corrected chi connectivity index (χ4v) is 2.51. The van der Waals surface area contributed by atoms with Gasteiger partial charge in [0.15, 0.2) is 0 Å². The number of amides is 2. The minimum Gasteiger partial charge on any atom is -0.492 e. The highest BCUT2D eigenvalue weighted by atomic mass is 35.5. The topological polar surface area (TPSA) is 53.6 Å². The van der Waals surface area contributed by atoms with Crippen molar-refractivity contribution in [3.63, 3.8) is 0 Å². The van der Waals surface area contributed by atoms with Crippen LogP contribution in [-0.4, -0.2) is 32.3 Å². The van der Waals surface area contributed by atoms with E-state index < -0.39 is 0 Å². The Morgan fingerprint density at radius 3 is 2.28 bits per heavy atom. The summed E-state index contributed by atoms with van der Waals surface area (Å²) in [6, 6.07) is 14.7. The van der Waals surface area contributed by atoms with Crippen LogP contribution in [0.1, 0.15) is 13.8 Å². The molecule has 0 fully saturated rings. The quantitative estimate of drug-likeness (QED) is 0.686. The highest BCUT2D eigenvalue weighted by Gasteiger charge is 2.04. The maximum absolute atomic E-state index is 11.9. The molecule has 2 amide bonds. The van der Waals surface area contributed by atoms with Crippen LogP contribution in [0.3, 0.4) is 0 Å². The van der Waals surface area contributed by atoms with Crippen LogP contribution in [0.5, 0.6) is 5.75 Å². The Balaban J connectivity index is 1.72. The zero-order valence-corrected chi connectivity index (χ0v) is 15.3. The molecule has 0 heterocycles. The fourth-order valence-electron chi connectivity index (χ4n) is 2.38. The number of hydrogen-bond acceptors (Lipinski definition) is 3. The SMILES string of the molecule is CCN(CC)c1ccc(NC(=O)NCCOc2ccc(Cl)cc2)cc1. The number of nitrogens with zero attached hydrogens (tertiary/aromatic N) is 1. The molecule has 0 aromatic heterocycles. The van der Waals surface area contributed by atoms with E-state index in [0.717, 1.165) is 30.2 Å². The van der Waals surface area contributed by atoms with Crippen molar-refractivity contribution in [1.82, 2.24) is 5.32 Å². The second kappa shape index (κ2) is 9.79. The fraction of sp³-hybridized carbons (Fsp3) is 0.316. The van der Waals surface area contributed by atoms with Gasteiger partial charge in [0.2, 0.25) is 0 Å². The Kier molecular flexibility index (Phi) is 7.41. The van der Waals surface area contributed by atoms with Crippen LogP contribution < -0.4 is 20.3 Å². The predicted molar refractivity (Wildman–Crippen MR) is 104 cm³/mol. The molecule has 0 aliphatic heterocycles. The highest BCUT2D eigenvalue weighted by Crippen LogP contribution is 2.17. The van der Waals surface area contributed by atoms with Crippen LogP contribution in [0.4, 0.5) is 16.2 Å². The van der Waals surface area contributed by atoms with Crippen molar-refractivity contribution in [1.29, 1.82) is 0 Å². The first-order valence-electron chi connectivity index (χ1n) is 8.40. The number of urea groups is 1. The summed E-state index contributed by atoms with van der Waals surface area (Å²) >= 11 is 5.81. The van der Waals surface area contributed by atoms with Gasteiger partial charge in [-0.2, -0.15) is 0 Å². The largest absolute Gasteiger partial charge is 0.492 e. The molecule has 2 N–H and O–H groups in total. The van der Waals surface area contributed by atoms with Gasteiger partial charge in [-0.15, -0.1) is 0 Å². The van der Waals surface area contributed by atoms with Gasteiger partial charge in [0.25, 0.3) is 0 Å². The van der Waals surface area contributed by atoms with Gasteiger partial charge in [-0.1, -0.05) is 11.6 Å². The predicted octanol–water partition coefficient (Wildman–Crippen LogP) is 4.39. The van der Waals surface area contributed by atoms with Crippen molar-refractivity contribution in [2.75, 3.05) is 36.5 Å². The number of halogens is 1. The summed E-state index contributed by atoms with van der Waals surface area (Å²) in [6.45, 7) is 6.95. The van der Waals surface area contributed by atoms with E-state index in [2.05, 4.69) is 29.4 Å². The second-order valence-corrected chi connectivity index (χ2v) is 5.84. The van der Waals surface area contributed by atoms with Gasteiger partial charge in [-0.3, -0.25) is 0 Å². The number of carbonyl (C=O) groups excluding carboxylic acids is 1. The zero-order valence-electron chi connectivity index (χ0n) is 14.6. The third-order valence-corrected chi connectivity index (χ3v) is 3.98. The third kappa shape index (κ3) is 6.19. The lowest BCUT2D eigenvalue weighted by atomic mass is 10.2. The number of benzene rings is 2. The molecule has 6 heteroatoms. The van der Waals surface area contributed by atoms with Crippen molar-refractivity contribution in [2.24, 2.45) is 0 Å². The van der Waals surface area contributed by atoms with E-state index >= 15 is 0 Å². The first kappa shape index (κ1) is 18.9. The van der Waals surface area contributed by atoms with Crippen LogP contribution in [0, 0.1) is 0 Å². The summed E-state index contributed by atoms with van der Waals surface area (Å²) in [5.74, 6) is 0.721. The summed E-state index contributed by atoms with van der Waals surface area (Å²) in [5.41, 5.74) is 1.90. The van der Waals surface area contributed by atoms with E-state index in [0.29, 0.717) is 18.2 Å². The standard InChI is InChI=1S/C19H24ClN3O2/c1-3-23(4-2)17-9-7-16(8-10-17)22-19(24)21-13-14-25-18-11-5-15(20)6-12-18/h5-12H,3-4,13-14H2,1-2H3,(H2,21,22,24). The molecule has 0 saturated heterocycles. The molecular weight excluding hydrogens is 338 g/mol. The Hall–Kier alpha value is -2.40. The van der Waals surface area contributed by atoms with Gasteiger partial charge in [-0.25, -0.2) is 4.79 Å². The molecule has 0 bridgehead atoms. The monoisotopic (exact) mass is 361 g/mol. The van der Waals surface area contributed by atoms with Crippen molar-refractivity contribution in [2.45, 2.75) is 13.8 Å². The molecule has 2 aromatic rings. The molecule has 5 nitrogen and oxygen atoms in total. The van der Waals surface area contributed by atoms with Gasteiger partial charge in [0, 0.05) is 29.5 Å². The van der Waals surface area contributed by atoms with Crippen LogP contribution in [-0.2, 0) is 0 Å². The molecule has 0 saturated carbocycles. The van der Waals surface area contributed by atoms with E-state index in [4.69, 9.17) is 16.3 Å². The molecule has 0 aliphatic carbocycles. The minimum absolute atomic E-state index is 0.254. The lowest BCUT2D eigenvalue weighted by molar-refractivity contribution is 0.247. The molecule has 2 aromatic carbocycles. The van der Waals surface area contributed by atoms with Crippen LogP contribution in [0.2, 0.25) is 5.02 Å². The Labute approximate surface area is 153 Å². The van der Waals surface area contributed by atoms with Crippen LogP contribution >= 0.6 is 11.6 Å². The van der Waals surface area contributed by atoms with E-state index in [9.17, 15) is 4.79 Å². The number of anilines is 2. The van der Waals surface area contributed by atoms with Gasteiger partial charge < -0.3 is 20.3 Å². The molecule has 0 aliphatic rings. The lowest BCUT2D eigenvalue weighted by Crippen LogP contribution is -2.32. The molecule has 25 heavy (non-hydrogen) atoms. The molecule has 0 radical (unpaired) electrons. The average Bonchev–Trinajstić information content (AvgIpc) is 2.63. The summed E-state index contributed by atoms with van der Waals surface area (Å²) in [7, 11) is 0. The number of ether oxygens (including phenoxy) is 1. The first-order chi connectivity index (χ1) is 12.1. The maximum atomic E-state index is 11.9. The minimum atomic E-state index is -0.254. The lowest BCUT2D eigenvalue weighted by Gasteiger charge is -2.21. The normalized spacial score (nSPS) is 10.2. The summed E-state index contributed by atoms with van der Waals surface area (Å²) in [5, 5.41) is 6.23. The van der Waals surface area contributed by atoms with E-state index in [1.54, 1.807) is 24.3 Å². The third-order valence-electron chi connectivity index (χ3n) is 3.72. The van der Waals surface area contributed by atoms with E-state index in [-0.39, 0.29) is 6.03 Å². The Bertz CT molecular complexity index is 655. The number of hydrogen-bond donors (Lipinski definition) is 2. The van der Waals surface area contributed by atoms with Gasteiger partial charge in [0.1, 0.15) is 12.4 Å². The van der Waals surface area contributed by atoms with Gasteiger partial charge in [0.05, 0.1) is 6.54 Å². The second-order valence-electron chi connectivity index (χ2n) is 5.40.